The van der Waals surface area contributed by atoms with Crippen molar-refractivity contribution in [1.82, 2.24) is 10.3 Å². The van der Waals surface area contributed by atoms with Gasteiger partial charge in [-0.15, -0.1) is 0 Å². The summed E-state index contributed by atoms with van der Waals surface area (Å²) in [6.07, 6.45) is 3.07. The highest BCUT2D eigenvalue weighted by molar-refractivity contribution is 5.94. The van der Waals surface area contributed by atoms with Crippen LogP contribution < -0.4 is 22.5 Å². The minimum Gasteiger partial charge on any atom is -0.370 e. The highest BCUT2D eigenvalue weighted by Crippen LogP contribution is 2.24. The quantitative estimate of drug-likeness (QED) is 0.116. The highest BCUT2D eigenvalue weighted by atomic mass is 19.1. The summed E-state index contributed by atoms with van der Waals surface area (Å²) in [4.78, 5) is 58.2. The third-order valence-corrected chi connectivity index (χ3v) is 6.69. The van der Waals surface area contributed by atoms with E-state index in [1.54, 1.807) is 19.2 Å². The average Bonchev–Trinajstić information content (AvgIpc) is 3.25. The first-order chi connectivity index (χ1) is 18.4. The maximum atomic E-state index is 13.9. The Balaban J connectivity index is 2.28. The van der Waals surface area contributed by atoms with E-state index in [1.165, 1.54) is 12.1 Å². The molecular weight excluding hydrogens is 503 g/mol. The molecule has 1 heterocycles. The largest absolute Gasteiger partial charge is 0.370 e. The van der Waals surface area contributed by atoms with Crippen LogP contribution in [0.5, 0.6) is 0 Å². The summed E-state index contributed by atoms with van der Waals surface area (Å²) < 4.78 is 13.9. The number of carbonyl (C=O) groups excluding carboxylic acids is 4. The second kappa shape index (κ2) is 15.0. The number of primary amides is 1. The zero-order valence-electron chi connectivity index (χ0n) is 23.0. The van der Waals surface area contributed by atoms with E-state index in [-0.39, 0.29) is 62.1 Å². The lowest BCUT2D eigenvalue weighted by Crippen LogP contribution is -2.45. The summed E-state index contributed by atoms with van der Waals surface area (Å²) in [5.41, 5.74) is 17.7. The number of ketones is 2. The average molecular weight is 545 g/mol. The zero-order valence-corrected chi connectivity index (χ0v) is 23.0. The first-order valence-electron chi connectivity index (χ1n) is 13.4. The number of aliphatic imine (C=N–C) groups is 1. The topological polar surface area (TPSA) is 187 Å². The maximum absolute atomic E-state index is 13.9. The number of benzene rings is 1. The molecule has 0 aliphatic carbocycles. The van der Waals surface area contributed by atoms with E-state index in [4.69, 9.17) is 17.2 Å². The Labute approximate surface area is 228 Å². The minimum absolute atomic E-state index is 0.0313. The molecule has 0 saturated heterocycles. The Morgan fingerprint density at radius 1 is 1.08 bits per heavy atom. The summed E-state index contributed by atoms with van der Waals surface area (Å²) in [5.74, 6) is -3.26. The van der Waals surface area contributed by atoms with E-state index in [1.807, 2.05) is 13.8 Å². The predicted octanol–water partition coefficient (Wildman–Crippen LogP) is 2.48. The van der Waals surface area contributed by atoms with Crippen molar-refractivity contribution in [1.29, 1.82) is 0 Å². The van der Waals surface area contributed by atoms with Crippen LogP contribution in [0.2, 0.25) is 0 Å². The molecule has 3 atom stereocenters. The van der Waals surface area contributed by atoms with Crippen LogP contribution in [0.25, 0.3) is 10.9 Å². The molecule has 0 unspecified atom stereocenters. The van der Waals surface area contributed by atoms with Crippen molar-refractivity contribution in [3.8, 4) is 0 Å². The molecule has 0 aliphatic rings. The number of aromatic nitrogens is 1. The molecule has 1 aromatic carbocycles. The summed E-state index contributed by atoms with van der Waals surface area (Å²) in [6.45, 7) is 5.83. The molecule has 0 spiro atoms. The van der Waals surface area contributed by atoms with Gasteiger partial charge in [-0.05, 0) is 55.4 Å². The van der Waals surface area contributed by atoms with Crippen LogP contribution in [-0.2, 0) is 25.6 Å². The van der Waals surface area contributed by atoms with Gasteiger partial charge in [0.15, 0.2) is 11.7 Å². The van der Waals surface area contributed by atoms with Gasteiger partial charge >= 0.3 is 0 Å². The molecule has 214 valence electrons. The van der Waals surface area contributed by atoms with Crippen molar-refractivity contribution in [3.63, 3.8) is 0 Å². The number of nitrogens with one attached hydrogen (secondary N) is 2. The summed E-state index contributed by atoms with van der Waals surface area (Å²) in [5, 5.41) is 3.44. The number of halogens is 1. The Morgan fingerprint density at radius 2 is 1.79 bits per heavy atom. The molecule has 11 heteroatoms. The van der Waals surface area contributed by atoms with Crippen molar-refractivity contribution < 1.29 is 23.6 Å². The standard InChI is InChI=1S/C28H41FN6O4/c1-4-21(36)12-18(11-19-15-34-23-8-7-20(29)14-22(19)23)27(39)35-24(6-5-9-33-28(31)32)25(37)13-17(26(30)38)10-16(2)3/h7-8,14-18,24,34H,4-6,9-13H2,1-3H3,(H2,30,38)(H,35,39)(H4,31,32,33)/t17-,18+,24+/m1/s1. The number of nitrogens with two attached hydrogens (primary N) is 3. The zero-order chi connectivity index (χ0) is 29.1. The number of nitrogens with zero attached hydrogens (tertiary/aromatic N) is 1. The number of aromatic amines is 1. The van der Waals surface area contributed by atoms with Gasteiger partial charge in [0.25, 0.3) is 0 Å². The molecule has 10 nitrogen and oxygen atoms in total. The van der Waals surface area contributed by atoms with Crippen molar-refractivity contribution in [3.05, 3.63) is 35.8 Å². The van der Waals surface area contributed by atoms with Crippen LogP contribution in [0, 0.1) is 23.6 Å². The molecule has 39 heavy (non-hydrogen) atoms. The summed E-state index contributed by atoms with van der Waals surface area (Å²) in [6, 6.07) is 3.41. The van der Waals surface area contributed by atoms with E-state index in [9.17, 15) is 23.6 Å². The minimum atomic E-state index is -0.916. The van der Waals surface area contributed by atoms with E-state index in [2.05, 4.69) is 15.3 Å². The SMILES string of the molecule is CCC(=O)C[C@H](Cc1c[nH]c2ccc(F)cc12)C(=O)N[C@@H](CCCN=C(N)N)C(=O)C[C@@H](CC(C)C)C(N)=O. The lowest BCUT2D eigenvalue weighted by molar-refractivity contribution is -0.133. The number of amides is 2. The smallest absolute Gasteiger partial charge is 0.224 e. The normalized spacial score (nSPS) is 13.6. The number of rotatable bonds is 17. The Hall–Kier alpha value is -3.76. The third-order valence-electron chi connectivity index (χ3n) is 6.69. The first kappa shape index (κ1) is 31.5. The molecule has 1 aromatic heterocycles. The van der Waals surface area contributed by atoms with E-state index in [0.717, 1.165) is 0 Å². The molecule has 2 amide bonds. The van der Waals surface area contributed by atoms with Gasteiger partial charge in [-0.1, -0.05) is 20.8 Å². The van der Waals surface area contributed by atoms with Crippen LogP contribution in [0.15, 0.2) is 29.4 Å². The third kappa shape index (κ3) is 10.1. The fraction of sp³-hybridized carbons (Fsp3) is 0.536. The molecule has 0 fully saturated rings. The van der Waals surface area contributed by atoms with Gasteiger partial charge in [0, 0.05) is 54.7 Å². The van der Waals surface area contributed by atoms with Crippen molar-refractivity contribution in [2.24, 2.45) is 39.9 Å². The molecule has 0 aliphatic heterocycles. The highest BCUT2D eigenvalue weighted by Gasteiger charge is 2.30. The second-order valence-corrected chi connectivity index (χ2v) is 10.4. The molecule has 0 bridgehead atoms. The first-order valence-corrected chi connectivity index (χ1v) is 13.4. The molecular formula is C28H41FN6O4. The number of Topliss-reactive ketones (excluding diaryl/α,β-unsaturated/α-hetero) is 2. The fourth-order valence-corrected chi connectivity index (χ4v) is 4.62. The molecule has 2 rings (SSSR count). The molecule has 8 N–H and O–H groups in total. The number of carbonyl (C=O) groups is 4. The number of H-pyrrole nitrogens is 1. The monoisotopic (exact) mass is 544 g/mol. The van der Waals surface area contributed by atoms with Crippen LogP contribution in [-0.4, -0.2) is 46.9 Å². The number of guanidine groups is 1. The summed E-state index contributed by atoms with van der Waals surface area (Å²) in [7, 11) is 0. The van der Waals surface area contributed by atoms with Crippen LogP contribution in [0.4, 0.5) is 4.39 Å². The Kier molecular flexibility index (Phi) is 12.1. The van der Waals surface area contributed by atoms with Gasteiger partial charge in [0.2, 0.25) is 11.8 Å². The van der Waals surface area contributed by atoms with E-state index < -0.39 is 35.5 Å². The summed E-state index contributed by atoms with van der Waals surface area (Å²) >= 11 is 0. The molecule has 0 saturated carbocycles. The molecule has 2 aromatic rings. The number of hydrogen-bond acceptors (Lipinski definition) is 5. The predicted molar refractivity (Wildman–Crippen MR) is 149 cm³/mol. The fourth-order valence-electron chi connectivity index (χ4n) is 4.62. The lowest BCUT2D eigenvalue weighted by Gasteiger charge is -2.23. The van der Waals surface area contributed by atoms with Crippen molar-refractivity contribution in [2.75, 3.05) is 6.54 Å². The van der Waals surface area contributed by atoms with Gasteiger partial charge in [0.05, 0.1) is 6.04 Å². The van der Waals surface area contributed by atoms with Crippen LogP contribution >= 0.6 is 0 Å². The number of hydrogen-bond donors (Lipinski definition) is 5. The van der Waals surface area contributed by atoms with Gasteiger partial charge in [0.1, 0.15) is 11.6 Å². The van der Waals surface area contributed by atoms with Gasteiger partial charge < -0.3 is 27.5 Å². The van der Waals surface area contributed by atoms with Crippen molar-refractivity contribution in [2.45, 2.75) is 71.8 Å². The van der Waals surface area contributed by atoms with E-state index in [0.29, 0.717) is 29.3 Å². The van der Waals surface area contributed by atoms with Crippen LogP contribution in [0.3, 0.4) is 0 Å². The molecule has 0 radical (unpaired) electrons. The van der Waals surface area contributed by atoms with Gasteiger partial charge in [-0.2, -0.15) is 0 Å². The maximum Gasteiger partial charge on any atom is 0.224 e. The van der Waals surface area contributed by atoms with Gasteiger partial charge in [-0.25, -0.2) is 4.39 Å². The Bertz CT molecular complexity index is 1190. The van der Waals surface area contributed by atoms with E-state index >= 15 is 0 Å². The lowest BCUT2D eigenvalue weighted by atomic mass is 9.88. The Morgan fingerprint density at radius 3 is 2.41 bits per heavy atom. The number of fused-ring (bicyclic) bond motifs is 1. The second-order valence-electron chi connectivity index (χ2n) is 10.4. The van der Waals surface area contributed by atoms with Gasteiger partial charge in [-0.3, -0.25) is 24.2 Å². The van der Waals surface area contributed by atoms with Crippen LogP contribution in [0.1, 0.15) is 64.9 Å². The van der Waals surface area contributed by atoms with Crippen molar-refractivity contribution >= 4 is 40.2 Å².